The maximum Gasteiger partial charge on any atom is 0.234 e. The van der Waals surface area contributed by atoms with Gasteiger partial charge in [-0.1, -0.05) is 6.42 Å². The van der Waals surface area contributed by atoms with Gasteiger partial charge in [0.05, 0.1) is 5.60 Å². The standard InChI is InChI=1S/C15H19N5O/c21-15(6-12-2-1-3-13(7-15)19-12)11-8-17-14(18-9-11)20-5-4-16-10-20/h4-5,8-10,12-13,19,21H,1-3,6-7H2. The van der Waals surface area contributed by atoms with Crippen LogP contribution >= 0.6 is 0 Å². The van der Waals surface area contributed by atoms with Crippen LogP contribution in [0.25, 0.3) is 5.95 Å². The Bertz CT molecular complexity index is 598. The van der Waals surface area contributed by atoms with E-state index in [4.69, 9.17) is 0 Å². The molecule has 2 saturated heterocycles. The second-order valence-electron chi connectivity index (χ2n) is 6.17. The molecule has 0 radical (unpaired) electrons. The summed E-state index contributed by atoms with van der Waals surface area (Å²) in [5.41, 5.74) is 0.0267. The third-order valence-corrected chi connectivity index (χ3v) is 4.66. The summed E-state index contributed by atoms with van der Waals surface area (Å²) in [6.07, 6.45) is 13.7. The molecule has 2 N–H and O–H groups in total. The van der Waals surface area contributed by atoms with Crippen molar-refractivity contribution in [1.82, 2.24) is 24.8 Å². The van der Waals surface area contributed by atoms with Gasteiger partial charge in [-0.05, 0) is 25.7 Å². The first-order valence-corrected chi connectivity index (χ1v) is 7.52. The molecule has 0 aliphatic carbocycles. The fourth-order valence-corrected chi connectivity index (χ4v) is 3.64. The van der Waals surface area contributed by atoms with Crippen LogP contribution in [0.1, 0.15) is 37.7 Å². The van der Waals surface area contributed by atoms with Crippen LogP contribution in [0.2, 0.25) is 0 Å². The average Bonchev–Trinajstić information content (AvgIpc) is 3.01. The number of aromatic nitrogens is 4. The van der Waals surface area contributed by atoms with E-state index in [-0.39, 0.29) is 0 Å². The summed E-state index contributed by atoms with van der Waals surface area (Å²) in [6.45, 7) is 0. The highest BCUT2D eigenvalue weighted by atomic mass is 16.3. The molecule has 110 valence electrons. The van der Waals surface area contributed by atoms with Crippen molar-refractivity contribution >= 4 is 0 Å². The van der Waals surface area contributed by atoms with Crippen molar-refractivity contribution in [2.75, 3.05) is 0 Å². The Balaban J connectivity index is 1.60. The molecule has 2 fully saturated rings. The summed E-state index contributed by atoms with van der Waals surface area (Å²) >= 11 is 0. The van der Waals surface area contributed by atoms with Gasteiger partial charge >= 0.3 is 0 Å². The van der Waals surface area contributed by atoms with Crippen LogP contribution in [0.3, 0.4) is 0 Å². The van der Waals surface area contributed by atoms with E-state index in [0.29, 0.717) is 18.0 Å². The van der Waals surface area contributed by atoms with Gasteiger partial charge in [0.1, 0.15) is 6.33 Å². The molecule has 0 saturated carbocycles. The number of aliphatic hydroxyl groups is 1. The molecule has 0 amide bonds. The second kappa shape index (κ2) is 4.89. The molecule has 2 unspecified atom stereocenters. The zero-order valence-electron chi connectivity index (χ0n) is 11.8. The minimum atomic E-state index is -0.797. The van der Waals surface area contributed by atoms with Gasteiger partial charge in [-0.2, -0.15) is 0 Å². The van der Waals surface area contributed by atoms with Crippen molar-refractivity contribution < 1.29 is 5.11 Å². The number of imidazole rings is 1. The molecule has 2 atom stereocenters. The second-order valence-corrected chi connectivity index (χ2v) is 6.17. The van der Waals surface area contributed by atoms with Crippen LogP contribution in [0.15, 0.2) is 31.1 Å². The highest BCUT2D eigenvalue weighted by Gasteiger charge is 2.42. The molecule has 4 heterocycles. The number of hydrogen-bond donors (Lipinski definition) is 2. The molecular formula is C15H19N5O. The van der Waals surface area contributed by atoms with Gasteiger partial charge in [0.15, 0.2) is 0 Å². The number of piperidine rings is 2. The summed E-state index contributed by atoms with van der Waals surface area (Å²) < 4.78 is 1.75. The summed E-state index contributed by atoms with van der Waals surface area (Å²) in [4.78, 5) is 12.7. The predicted molar refractivity (Wildman–Crippen MR) is 76.8 cm³/mol. The van der Waals surface area contributed by atoms with Gasteiger partial charge in [-0.25, -0.2) is 15.0 Å². The number of rotatable bonds is 2. The minimum Gasteiger partial charge on any atom is -0.385 e. The topological polar surface area (TPSA) is 75.9 Å². The van der Waals surface area contributed by atoms with Crippen molar-refractivity contribution in [2.24, 2.45) is 0 Å². The Morgan fingerprint density at radius 1 is 1.19 bits per heavy atom. The van der Waals surface area contributed by atoms with E-state index in [1.165, 1.54) is 6.42 Å². The lowest BCUT2D eigenvalue weighted by Gasteiger charge is -2.45. The Hall–Kier alpha value is -1.79. The first-order chi connectivity index (χ1) is 10.2. The van der Waals surface area contributed by atoms with Crippen molar-refractivity contribution in [3.8, 4) is 5.95 Å². The molecule has 2 aromatic rings. The Labute approximate surface area is 123 Å². The van der Waals surface area contributed by atoms with Gasteiger partial charge in [0, 0.05) is 42.4 Å². The lowest BCUT2D eigenvalue weighted by atomic mass is 9.74. The maximum atomic E-state index is 11.0. The molecule has 2 aliphatic rings. The first kappa shape index (κ1) is 12.9. The Morgan fingerprint density at radius 3 is 2.52 bits per heavy atom. The molecule has 2 aromatic heterocycles. The van der Waals surface area contributed by atoms with Crippen molar-refractivity contribution in [3.05, 3.63) is 36.7 Å². The van der Waals surface area contributed by atoms with Crippen LogP contribution < -0.4 is 5.32 Å². The van der Waals surface area contributed by atoms with Crippen LogP contribution in [-0.4, -0.2) is 36.7 Å². The molecule has 4 rings (SSSR count). The fraction of sp³-hybridized carbons (Fsp3) is 0.533. The van der Waals surface area contributed by atoms with Crippen molar-refractivity contribution in [3.63, 3.8) is 0 Å². The van der Waals surface area contributed by atoms with Gasteiger partial charge in [-0.3, -0.25) is 4.57 Å². The van der Waals surface area contributed by atoms with E-state index in [2.05, 4.69) is 20.3 Å². The quantitative estimate of drug-likeness (QED) is 0.866. The van der Waals surface area contributed by atoms with Crippen molar-refractivity contribution in [1.29, 1.82) is 0 Å². The predicted octanol–water partition coefficient (Wildman–Crippen LogP) is 1.15. The van der Waals surface area contributed by atoms with Crippen LogP contribution in [0, 0.1) is 0 Å². The third-order valence-electron chi connectivity index (χ3n) is 4.66. The van der Waals surface area contributed by atoms with Crippen LogP contribution in [-0.2, 0) is 5.60 Å². The number of hydrogen-bond acceptors (Lipinski definition) is 5. The van der Waals surface area contributed by atoms with E-state index < -0.39 is 5.60 Å². The van der Waals surface area contributed by atoms with Gasteiger partial charge < -0.3 is 10.4 Å². The number of nitrogens with one attached hydrogen (secondary N) is 1. The van der Waals surface area contributed by atoms with E-state index in [9.17, 15) is 5.11 Å². The first-order valence-electron chi connectivity index (χ1n) is 7.52. The lowest BCUT2D eigenvalue weighted by Crippen LogP contribution is -2.54. The maximum absolute atomic E-state index is 11.0. The average molecular weight is 285 g/mol. The monoisotopic (exact) mass is 285 g/mol. The molecule has 2 aliphatic heterocycles. The van der Waals surface area contributed by atoms with E-state index in [1.54, 1.807) is 35.7 Å². The van der Waals surface area contributed by atoms with E-state index in [0.717, 1.165) is 31.2 Å². The highest BCUT2D eigenvalue weighted by molar-refractivity contribution is 5.22. The zero-order chi connectivity index (χ0) is 14.3. The number of fused-ring (bicyclic) bond motifs is 2. The highest BCUT2D eigenvalue weighted by Crippen LogP contribution is 2.39. The Kier molecular flexibility index (Phi) is 3.01. The normalized spacial score (nSPS) is 32.0. The summed E-state index contributed by atoms with van der Waals surface area (Å²) in [5.74, 6) is 0.578. The van der Waals surface area contributed by atoms with E-state index >= 15 is 0 Å². The van der Waals surface area contributed by atoms with Gasteiger partial charge in [0.25, 0.3) is 0 Å². The third kappa shape index (κ3) is 2.34. The summed E-state index contributed by atoms with van der Waals surface area (Å²) in [5, 5.41) is 14.6. The zero-order valence-corrected chi connectivity index (χ0v) is 11.8. The summed E-state index contributed by atoms with van der Waals surface area (Å²) in [6, 6.07) is 0.826. The molecule has 0 spiro atoms. The smallest absolute Gasteiger partial charge is 0.234 e. The number of nitrogens with zero attached hydrogens (tertiary/aromatic N) is 4. The van der Waals surface area contributed by atoms with Gasteiger partial charge in [-0.15, -0.1) is 0 Å². The SMILES string of the molecule is OC1(c2cnc(-n3ccnc3)nc2)CC2CCCC(C1)N2. The lowest BCUT2D eigenvalue weighted by molar-refractivity contribution is -0.0363. The summed E-state index contributed by atoms with van der Waals surface area (Å²) in [7, 11) is 0. The minimum absolute atomic E-state index is 0.413. The molecule has 6 heteroatoms. The molecule has 0 aromatic carbocycles. The van der Waals surface area contributed by atoms with E-state index in [1.807, 2.05) is 0 Å². The molecule has 6 nitrogen and oxygen atoms in total. The molecular weight excluding hydrogens is 266 g/mol. The van der Waals surface area contributed by atoms with Crippen LogP contribution in [0.5, 0.6) is 0 Å². The largest absolute Gasteiger partial charge is 0.385 e. The fourth-order valence-electron chi connectivity index (χ4n) is 3.64. The van der Waals surface area contributed by atoms with Crippen molar-refractivity contribution in [2.45, 2.75) is 49.8 Å². The molecule has 21 heavy (non-hydrogen) atoms. The van der Waals surface area contributed by atoms with Crippen LogP contribution in [0.4, 0.5) is 0 Å². The molecule has 2 bridgehead atoms. The van der Waals surface area contributed by atoms with Gasteiger partial charge in [0.2, 0.25) is 5.95 Å². The Morgan fingerprint density at radius 2 is 1.90 bits per heavy atom.